The van der Waals surface area contributed by atoms with Crippen LogP contribution in [0.25, 0.3) is 6.08 Å². The first kappa shape index (κ1) is 18.9. The maximum Gasteiger partial charge on any atom is 0.270 e. The zero-order valence-corrected chi connectivity index (χ0v) is 17.7. The van der Waals surface area contributed by atoms with Gasteiger partial charge in [0.15, 0.2) is 4.32 Å². The molecule has 1 heterocycles. The molecule has 0 aliphatic carbocycles. The summed E-state index contributed by atoms with van der Waals surface area (Å²) in [6.45, 7) is 0. The topological polar surface area (TPSA) is 32.8 Å². The van der Waals surface area contributed by atoms with Crippen molar-refractivity contribution < 1.29 is 9.53 Å². The number of thioether (sulfide) groups is 1. The Morgan fingerprint density at radius 3 is 2.62 bits per heavy atom. The average molecular weight is 449 g/mol. The Kier molecular flexibility index (Phi) is 5.70. The first-order valence-corrected chi connectivity index (χ1v) is 9.82. The second-order valence-corrected chi connectivity index (χ2v) is 8.32. The number of thiocarbonyl (C=S) groups is 1. The summed E-state index contributed by atoms with van der Waals surface area (Å²) in [6.07, 6.45) is 1.86. The van der Waals surface area contributed by atoms with Crippen LogP contribution in [-0.2, 0) is 4.79 Å². The summed E-state index contributed by atoms with van der Waals surface area (Å²) in [5.41, 5.74) is 2.66. The van der Waals surface area contributed by atoms with E-state index in [1.165, 1.54) is 16.7 Å². The molecule has 2 aromatic carbocycles. The third-order valence-electron chi connectivity index (χ3n) is 3.87. The molecule has 1 fully saturated rings. The lowest BCUT2D eigenvalue weighted by Crippen LogP contribution is -2.27. The Bertz CT molecular complexity index is 912. The number of carbonyl (C=O) groups excluding carboxylic acids is 1. The van der Waals surface area contributed by atoms with E-state index in [4.69, 9.17) is 17.0 Å². The zero-order valence-electron chi connectivity index (χ0n) is 14.5. The van der Waals surface area contributed by atoms with Gasteiger partial charge in [-0.2, -0.15) is 0 Å². The number of anilines is 2. The highest BCUT2D eigenvalue weighted by Gasteiger charge is 2.34. The molecule has 0 radical (unpaired) electrons. The number of ether oxygens (including phenoxy) is 1. The fraction of sp³-hybridized carbons (Fsp3) is 0.158. The predicted molar refractivity (Wildman–Crippen MR) is 117 cm³/mol. The summed E-state index contributed by atoms with van der Waals surface area (Å²) in [5.74, 6) is 0.473. The van der Waals surface area contributed by atoms with Crippen LogP contribution in [0, 0.1) is 0 Å². The molecule has 26 heavy (non-hydrogen) atoms. The molecule has 1 amide bonds. The number of amides is 1. The Balaban J connectivity index is 1.94. The normalized spacial score (nSPS) is 15.7. The van der Waals surface area contributed by atoms with Crippen molar-refractivity contribution in [2.24, 2.45) is 0 Å². The van der Waals surface area contributed by atoms with E-state index in [0.29, 0.717) is 20.7 Å². The first-order valence-electron chi connectivity index (χ1n) is 7.80. The zero-order chi connectivity index (χ0) is 18.8. The van der Waals surface area contributed by atoms with Crippen molar-refractivity contribution in [3.05, 3.63) is 57.4 Å². The molecule has 1 aliphatic heterocycles. The van der Waals surface area contributed by atoms with Gasteiger partial charge in [-0.3, -0.25) is 9.69 Å². The van der Waals surface area contributed by atoms with Gasteiger partial charge in [0, 0.05) is 18.6 Å². The molecule has 134 valence electrons. The van der Waals surface area contributed by atoms with Gasteiger partial charge in [-0.25, -0.2) is 0 Å². The molecule has 1 saturated heterocycles. The molecule has 0 unspecified atom stereocenters. The minimum atomic E-state index is -0.141. The second-order valence-electron chi connectivity index (χ2n) is 5.79. The summed E-state index contributed by atoms with van der Waals surface area (Å²) in [6, 6.07) is 13.3. The van der Waals surface area contributed by atoms with Crippen LogP contribution >= 0.6 is 39.9 Å². The molecule has 0 spiro atoms. The molecule has 7 heteroatoms. The number of nitrogens with zero attached hydrogens (tertiary/aromatic N) is 2. The third-order valence-corrected chi connectivity index (χ3v) is 5.81. The third kappa shape index (κ3) is 3.65. The van der Waals surface area contributed by atoms with Crippen molar-refractivity contribution >= 4 is 67.6 Å². The highest BCUT2D eigenvalue weighted by atomic mass is 79.9. The number of hydrogen-bond donors (Lipinski definition) is 0. The van der Waals surface area contributed by atoms with E-state index in [9.17, 15) is 4.79 Å². The number of para-hydroxylation sites is 2. The van der Waals surface area contributed by atoms with Crippen molar-refractivity contribution in [3.63, 3.8) is 0 Å². The Hall–Kier alpha value is -1.83. The smallest absolute Gasteiger partial charge is 0.270 e. The minimum absolute atomic E-state index is 0.141. The van der Waals surface area contributed by atoms with Crippen LogP contribution in [0.3, 0.4) is 0 Å². The maximum absolute atomic E-state index is 12.9. The molecular formula is C19H17BrN2O2S2. The molecule has 0 atom stereocenters. The number of carbonyl (C=O) groups is 1. The van der Waals surface area contributed by atoms with Crippen LogP contribution < -0.4 is 14.5 Å². The van der Waals surface area contributed by atoms with E-state index < -0.39 is 0 Å². The number of hydrogen-bond acceptors (Lipinski definition) is 5. The van der Waals surface area contributed by atoms with Gasteiger partial charge < -0.3 is 9.64 Å². The minimum Gasteiger partial charge on any atom is -0.495 e. The Labute approximate surface area is 170 Å². The number of benzene rings is 2. The molecular weight excluding hydrogens is 432 g/mol. The Morgan fingerprint density at radius 2 is 1.96 bits per heavy atom. The van der Waals surface area contributed by atoms with Gasteiger partial charge in [0.05, 0.1) is 23.4 Å². The van der Waals surface area contributed by atoms with Gasteiger partial charge >= 0.3 is 0 Å². The van der Waals surface area contributed by atoms with Gasteiger partial charge in [0.25, 0.3) is 5.91 Å². The van der Waals surface area contributed by atoms with Gasteiger partial charge in [-0.1, -0.05) is 42.2 Å². The summed E-state index contributed by atoms with van der Waals surface area (Å²) >= 11 is 10.3. The maximum atomic E-state index is 12.9. The molecule has 0 bridgehead atoms. The van der Waals surface area contributed by atoms with E-state index in [2.05, 4.69) is 15.9 Å². The van der Waals surface area contributed by atoms with Crippen molar-refractivity contribution in [1.82, 2.24) is 0 Å². The van der Waals surface area contributed by atoms with Gasteiger partial charge in [-0.15, -0.1) is 0 Å². The highest BCUT2D eigenvalue weighted by Crippen LogP contribution is 2.40. The summed E-state index contributed by atoms with van der Waals surface area (Å²) < 4.78 is 6.83. The van der Waals surface area contributed by atoms with Crippen LogP contribution in [0.2, 0.25) is 0 Å². The second kappa shape index (κ2) is 7.82. The molecule has 2 aromatic rings. The number of rotatable bonds is 4. The van der Waals surface area contributed by atoms with Crippen LogP contribution in [-0.4, -0.2) is 31.4 Å². The van der Waals surface area contributed by atoms with Crippen molar-refractivity contribution in [2.75, 3.05) is 31.0 Å². The van der Waals surface area contributed by atoms with Gasteiger partial charge in [-0.05, 0) is 51.8 Å². The van der Waals surface area contributed by atoms with E-state index >= 15 is 0 Å². The molecule has 4 nitrogen and oxygen atoms in total. The monoisotopic (exact) mass is 448 g/mol. The first-order chi connectivity index (χ1) is 12.4. The van der Waals surface area contributed by atoms with E-state index in [0.717, 1.165) is 15.7 Å². The van der Waals surface area contributed by atoms with E-state index in [-0.39, 0.29) is 5.91 Å². The predicted octanol–water partition coefficient (Wildman–Crippen LogP) is 4.93. The van der Waals surface area contributed by atoms with Gasteiger partial charge in [0.1, 0.15) is 5.75 Å². The molecule has 1 aliphatic rings. The highest BCUT2D eigenvalue weighted by molar-refractivity contribution is 9.10. The van der Waals surface area contributed by atoms with Crippen molar-refractivity contribution in [2.45, 2.75) is 0 Å². The Morgan fingerprint density at radius 1 is 1.23 bits per heavy atom. The molecule has 0 aromatic heterocycles. The lowest BCUT2D eigenvalue weighted by Gasteiger charge is -2.17. The quantitative estimate of drug-likeness (QED) is 0.488. The van der Waals surface area contributed by atoms with Gasteiger partial charge in [0.2, 0.25) is 0 Å². The molecule has 0 N–H and O–H groups in total. The van der Waals surface area contributed by atoms with Crippen LogP contribution in [0.5, 0.6) is 5.75 Å². The lowest BCUT2D eigenvalue weighted by atomic mass is 10.2. The van der Waals surface area contributed by atoms with Crippen LogP contribution in [0.4, 0.5) is 11.4 Å². The SMILES string of the molecule is COc1ccccc1N1C(=O)/C(=C/c2ccc(N(C)C)c(Br)c2)SC1=S. The van der Waals surface area contributed by atoms with Crippen LogP contribution in [0.15, 0.2) is 51.8 Å². The summed E-state index contributed by atoms with van der Waals surface area (Å²) in [4.78, 5) is 17.1. The van der Waals surface area contributed by atoms with Crippen molar-refractivity contribution in [1.29, 1.82) is 0 Å². The van der Waals surface area contributed by atoms with Crippen molar-refractivity contribution in [3.8, 4) is 5.75 Å². The summed E-state index contributed by atoms with van der Waals surface area (Å²) in [7, 11) is 5.55. The average Bonchev–Trinajstić information content (AvgIpc) is 2.88. The van der Waals surface area contributed by atoms with E-state index in [1.54, 1.807) is 7.11 Å². The number of halogens is 1. The largest absolute Gasteiger partial charge is 0.495 e. The van der Waals surface area contributed by atoms with E-state index in [1.807, 2.05) is 67.5 Å². The standard InChI is InChI=1S/C19H17BrN2O2S2/c1-21(2)14-9-8-12(10-13(14)20)11-17-18(23)22(19(25)26-17)15-6-4-5-7-16(15)24-3/h4-11H,1-3H3/b17-11-. The molecule has 3 rings (SSSR count). The fourth-order valence-corrected chi connectivity index (χ4v) is 4.65. The number of methoxy groups -OCH3 is 1. The summed E-state index contributed by atoms with van der Waals surface area (Å²) in [5, 5.41) is 0. The molecule has 0 saturated carbocycles. The fourth-order valence-electron chi connectivity index (χ4n) is 2.62. The lowest BCUT2D eigenvalue weighted by molar-refractivity contribution is -0.113. The van der Waals surface area contributed by atoms with Crippen LogP contribution in [0.1, 0.15) is 5.56 Å².